The Balaban J connectivity index is 2.13. The van der Waals surface area contributed by atoms with Crippen molar-refractivity contribution in [2.75, 3.05) is 0 Å². The average Bonchev–Trinajstić information content (AvgIpc) is 2.77. The highest BCUT2D eigenvalue weighted by Crippen LogP contribution is 2.21. The van der Waals surface area contributed by atoms with Gasteiger partial charge >= 0.3 is 6.08 Å². The molecule has 1 aromatic carbocycles. The molecule has 0 amide bonds. The Morgan fingerprint density at radius 1 is 1.25 bits per heavy atom. The molecular formula is C11H11NO4. The first-order valence-corrected chi connectivity index (χ1v) is 4.74. The van der Waals surface area contributed by atoms with Gasteiger partial charge in [0.05, 0.1) is 13.2 Å². The molecule has 0 saturated heterocycles. The molecule has 5 nitrogen and oxygen atoms in total. The molecule has 2 rings (SSSR count). The van der Waals surface area contributed by atoms with Crippen LogP contribution in [0.2, 0.25) is 0 Å². The normalized spacial score (nSPS) is 10.4. The highest BCUT2D eigenvalue weighted by Gasteiger charge is 2.05. The van der Waals surface area contributed by atoms with Gasteiger partial charge in [0.2, 0.25) is 0 Å². The smallest absolute Gasteiger partial charge is 0.399 e. The minimum atomic E-state index is -0.191. The van der Waals surface area contributed by atoms with Gasteiger partial charge in [0.1, 0.15) is 17.7 Å². The molecular weight excluding hydrogens is 210 g/mol. The predicted molar refractivity (Wildman–Crippen MR) is 54.9 cm³/mol. The number of hydrogen-bond acceptors (Lipinski definition) is 5. The first kappa shape index (κ1) is 10.7. The van der Waals surface area contributed by atoms with Gasteiger partial charge < -0.3 is 19.4 Å². The second-order valence-electron chi connectivity index (χ2n) is 3.17. The molecule has 0 radical (unpaired) electrons. The second kappa shape index (κ2) is 4.78. The molecule has 84 valence electrons. The molecule has 0 unspecified atom stereocenters. The molecule has 0 atom stereocenters. The van der Waals surface area contributed by atoms with Crippen molar-refractivity contribution in [3.63, 3.8) is 0 Å². The van der Waals surface area contributed by atoms with Crippen LogP contribution in [0.1, 0.15) is 11.3 Å². The summed E-state index contributed by atoms with van der Waals surface area (Å²) in [5.41, 5.74) is 1.15. The number of ether oxygens (including phenoxy) is 1. The van der Waals surface area contributed by atoms with Crippen LogP contribution in [0, 0.1) is 0 Å². The lowest BCUT2D eigenvalue weighted by Gasteiger charge is -2.01. The standard InChI is InChI=1S/C11H11NO4/c13-5-8-2-1-3-10(4-8)16-11-12-9(6-14)7-15-11/h1-4,7,13-14H,5-6H2. The minimum Gasteiger partial charge on any atom is -0.417 e. The van der Waals surface area contributed by atoms with Crippen molar-refractivity contribution < 1.29 is 19.4 Å². The molecule has 5 heteroatoms. The Morgan fingerprint density at radius 2 is 2.12 bits per heavy atom. The molecule has 1 heterocycles. The summed E-state index contributed by atoms with van der Waals surface area (Å²) < 4.78 is 10.3. The molecule has 2 N–H and O–H groups in total. The summed E-state index contributed by atoms with van der Waals surface area (Å²) in [5.74, 6) is 0.526. The molecule has 0 aliphatic rings. The van der Waals surface area contributed by atoms with Crippen molar-refractivity contribution in [1.82, 2.24) is 4.98 Å². The van der Waals surface area contributed by atoms with Gasteiger partial charge in [-0.2, -0.15) is 4.98 Å². The summed E-state index contributed by atoms with van der Waals surface area (Å²) in [6.07, 6.45) is 1.39. The molecule has 0 saturated carbocycles. The van der Waals surface area contributed by atoms with Gasteiger partial charge in [-0.15, -0.1) is 0 Å². The third-order valence-electron chi connectivity index (χ3n) is 1.98. The van der Waals surface area contributed by atoms with Crippen LogP contribution in [0.4, 0.5) is 0 Å². The fourth-order valence-corrected chi connectivity index (χ4v) is 1.22. The fraction of sp³-hybridized carbons (Fsp3) is 0.182. The SMILES string of the molecule is OCc1cccc(Oc2nc(CO)co2)c1. The number of aromatic nitrogens is 1. The average molecular weight is 221 g/mol. The van der Waals surface area contributed by atoms with E-state index in [1.54, 1.807) is 24.3 Å². The number of aliphatic hydroxyl groups is 2. The maximum absolute atomic E-state index is 8.94. The van der Waals surface area contributed by atoms with E-state index in [4.69, 9.17) is 19.4 Å². The monoisotopic (exact) mass is 221 g/mol. The molecule has 0 bridgehead atoms. The Kier molecular flexibility index (Phi) is 3.19. The Morgan fingerprint density at radius 3 is 2.81 bits per heavy atom. The number of nitrogens with zero attached hydrogens (tertiary/aromatic N) is 1. The summed E-state index contributed by atoms with van der Waals surface area (Å²) in [4.78, 5) is 3.88. The lowest BCUT2D eigenvalue weighted by atomic mass is 10.2. The summed E-state index contributed by atoms with van der Waals surface area (Å²) in [6.45, 7) is -0.242. The Hall–Kier alpha value is -1.85. The van der Waals surface area contributed by atoms with E-state index in [0.29, 0.717) is 11.4 Å². The topological polar surface area (TPSA) is 75.7 Å². The lowest BCUT2D eigenvalue weighted by Crippen LogP contribution is -1.88. The zero-order valence-corrected chi connectivity index (χ0v) is 8.46. The second-order valence-corrected chi connectivity index (χ2v) is 3.17. The number of aliphatic hydroxyl groups excluding tert-OH is 2. The van der Waals surface area contributed by atoms with Crippen LogP contribution in [-0.2, 0) is 13.2 Å². The Bertz CT molecular complexity index is 467. The van der Waals surface area contributed by atoms with E-state index in [0.717, 1.165) is 5.56 Å². The van der Waals surface area contributed by atoms with Gasteiger partial charge in [0, 0.05) is 0 Å². The van der Waals surface area contributed by atoms with Gasteiger partial charge in [0.15, 0.2) is 0 Å². The predicted octanol–water partition coefficient (Wildman–Crippen LogP) is 1.45. The molecule has 2 aromatic rings. The third-order valence-corrected chi connectivity index (χ3v) is 1.98. The summed E-state index contributed by atoms with van der Waals surface area (Å²) >= 11 is 0. The van der Waals surface area contributed by atoms with Crippen LogP contribution < -0.4 is 4.74 Å². The third kappa shape index (κ3) is 2.39. The van der Waals surface area contributed by atoms with E-state index in [1.165, 1.54) is 6.26 Å². The minimum absolute atomic E-state index is 0.0509. The molecule has 0 fully saturated rings. The van der Waals surface area contributed by atoms with Gasteiger partial charge in [-0.3, -0.25) is 0 Å². The molecule has 16 heavy (non-hydrogen) atoms. The van der Waals surface area contributed by atoms with Crippen LogP contribution in [0.15, 0.2) is 34.9 Å². The van der Waals surface area contributed by atoms with Crippen LogP contribution >= 0.6 is 0 Å². The number of benzene rings is 1. The van der Waals surface area contributed by atoms with E-state index in [-0.39, 0.29) is 19.3 Å². The van der Waals surface area contributed by atoms with Gasteiger partial charge in [-0.05, 0) is 17.7 Å². The van der Waals surface area contributed by atoms with Crippen molar-refractivity contribution in [2.45, 2.75) is 13.2 Å². The lowest BCUT2D eigenvalue weighted by molar-refractivity contribution is 0.276. The summed E-state index contributed by atoms with van der Waals surface area (Å²) in [5, 5.41) is 17.7. The summed E-state index contributed by atoms with van der Waals surface area (Å²) in [7, 11) is 0. The summed E-state index contributed by atoms with van der Waals surface area (Å²) in [6, 6.07) is 6.95. The van der Waals surface area contributed by atoms with Crippen LogP contribution in [0.25, 0.3) is 0 Å². The fourth-order valence-electron chi connectivity index (χ4n) is 1.22. The quantitative estimate of drug-likeness (QED) is 0.817. The van der Waals surface area contributed by atoms with Crippen LogP contribution in [0.3, 0.4) is 0 Å². The maximum Gasteiger partial charge on any atom is 0.399 e. The first-order valence-electron chi connectivity index (χ1n) is 4.74. The van der Waals surface area contributed by atoms with E-state index >= 15 is 0 Å². The highest BCUT2D eigenvalue weighted by molar-refractivity contribution is 5.29. The van der Waals surface area contributed by atoms with Crippen molar-refractivity contribution in [3.05, 3.63) is 41.8 Å². The van der Waals surface area contributed by atoms with Crippen LogP contribution in [-0.4, -0.2) is 15.2 Å². The van der Waals surface area contributed by atoms with Gasteiger partial charge in [-0.25, -0.2) is 0 Å². The largest absolute Gasteiger partial charge is 0.417 e. The van der Waals surface area contributed by atoms with Crippen molar-refractivity contribution in [2.24, 2.45) is 0 Å². The van der Waals surface area contributed by atoms with Crippen molar-refractivity contribution in [1.29, 1.82) is 0 Å². The van der Waals surface area contributed by atoms with E-state index in [1.807, 2.05) is 0 Å². The number of oxazole rings is 1. The molecule has 0 aliphatic carbocycles. The van der Waals surface area contributed by atoms with Gasteiger partial charge in [0.25, 0.3) is 0 Å². The first-order chi connectivity index (χ1) is 7.81. The van der Waals surface area contributed by atoms with Crippen molar-refractivity contribution in [3.8, 4) is 11.8 Å². The van der Waals surface area contributed by atoms with Crippen LogP contribution in [0.5, 0.6) is 11.8 Å². The zero-order chi connectivity index (χ0) is 11.4. The van der Waals surface area contributed by atoms with E-state index in [2.05, 4.69) is 4.98 Å². The molecule has 1 aromatic heterocycles. The van der Waals surface area contributed by atoms with Gasteiger partial charge in [-0.1, -0.05) is 12.1 Å². The highest BCUT2D eigenvalue weighted by atomic mass is 16.6. The Labute approximate surface area is 91.9 Å². The number of hydrogen-bond donors (Lipinski definition) is 2. The maximum atomic E-state index is 8.94. The van der Waals surface area contributed by atoms with E-state index < -0.39 is 0 Å². The molecule has 0 aliphatic heterocycles. The number of rotatable bonds is 4. The zero-order valence-electron chi connectivity index (χ0n) is 8.46. The van der Waals surface area contributed by atoms with E-state index in [9.17, 15) is 0 Å². The van der Waals surface area contributed by atoms with Crippen molar-refractivity contribution >= 4 is 0 Å². The molecule has 0 spiro atoms.